The van der Waals surface area contributed by atoms with Crippen LogP contribution in [-0.4, -0.2) is 66.8 Å². The van der Waals surface area contributed by atoms with Gasteiger partial charge in [-0.05, 0) is 12.8 Å². The van der Waals surface area contributed by atoms with Crippen LogP contribution in [0.4, 0.5) is 5.95 Å². The summed E-state index contributed by atoms with van der Waals surface area (Å²) in [6.45, 7) is 3.38. The maximum absolute atomic E-state index is 12.7. The molecule has 2 saturated heterocycles. The fourth-order valence-electron chi connectivity index (χ4n) is 2.84. The van der Waals surface area contributed by atoms with Crippen molar-refractivity contribution in [2.75, 3.05) is 44.9 Å². The minimum atomic E-state index is -0.171. The number of aromatic nitrogens is 2. The zero-order valence-electron chi connectivity index (χ0n) is 12.2. The van der Waals surface area contributed by atoms with Gasteiger partial charge in [-0.1, -0.05) is 0 Å². The molecule has 0 aromatic carbocycles. The summed E-state index contributed by atoms with van der Waals surface area (Å²) in [7, 11) is 1.58. The number of ether oxygens (including phenoxy) is 2. The van der Waals surface area contributed by atoms with Crippen molar-refractivity contribution in [1.82, 2.24) is 14.9 Å². The molecule has 0 saturated carbocycles. The maximum Gasteiger partial charge on any atom is 0.245 e. The molecule has 7 heteroatoms. The molecule has 3 rings (SSSR count). The van der Waals surface area contributed by atoms with Crippen molar-refractivity contribution < 1.29 is 14.3 Å². The highest BCUT2D eigenvalue weighted by Gasteiger charge is 2.35. The van der Waals surface area contributed by atoms with Gasteiger partial charge in [-0.3, -0.25) is 4.79 Å². The Morgan fingerprint density at radius 2 is 2.19 bits per heavy atom. The maximum atomic E-state index is 12.7. The van der Waals surface area contributed by atoms with E-state index in [2.05, 4.69) is 9.97 Å². The van der Waals surface area contributed by atoms with Gasteiger partial charge >= 0.3 is 0 Å². The molecule has 0 N–H and O–H groups in total. The topological polar surface area (TPSA) is 67.8 Å². The van der Waals surface area contributed by atoms with Crippen LogP contribution in [0.5, 0.6) is 5.88 Å². The molecule has 21 heavy (non-hydrogen) atoms. The van der Waals surface area contributed by atoms with Crippen LogP contribution in [0.1, 0.15) is 12.8 Å². The lowest BCUT2D eigenvalue weighted by atomic mass is 10.2. The molecular weight excluding hydrogens is 272 g/mol. The molecule has 1 aromatic heterocycles. The van der Waals surface area contributed by atoms with E-state index in [1.807, 2.05) is 9.80 Å². The van der Waals surface area contributed by atoms with Crippen LogP contribution in [0.25, 0.3) is 0 Å². The molecule has 0 unspecified atom stereocenters. The van der Waals surface area contributed by atoms with Crippen LogP contribution in [0.3, 0.4) is 0 Å². The van der Waals surface area contributed by atoms with Gasteiger partial charge in [-0.15, -0.1) is 0 Å². The van der Waals surface area contributed by atoms with Crippen molar-refractivity contribution in [3.8, 4) is 5.88 Å². The third-order valence-corrected chi connectivity index (χ3v) is 3.94. The third kappa shape index (κ3) is 2.92. The van der Waals surface area contributed by atoms with Crippen LogP contribution in [0, 0.1) is 0 Å². The highest BCUT2D eigenvalue weighted by Crippen LogP contribution is 2.25. The van der Waals surface area contributed by atoms with Crippen molar-refractivity contribution in [2.24, 2.45) is 0 Å². The summed E-state index contributed by atoms with van der Waals surface area (Å²) in [4.78, 5) is 25.2. The number of morpholine rings is 1. The number of amides is 1. The largest absolute Gasteiger partial charge is 0.481 e. The standard InChI is InChI=1S/C14H20N4O3/c1-20-12-4-5-15-14(16-12)18-6-2-3-11(18)13(19)17-7-9-21-10-8-17/h4-5,11H,2-3,6-10H2,1H3/t11-/m0/s1. The minimum absolute atomic E-state index is 0.155. The summed E-state index contributed by atoms with van der Waals surface area (Å²) >= 11 is 0. The molecule has 2 aliphatic heterocycles. The van der Waals surface area contributed by atoms with Gasteiger partial charge in [0.1, 0.15) is 6.04 Å². The van der Waals surface area contributed by atoms with Crippen LogP contribution < -0.4 is 9.64 Å². The van der Waals surface area contributed by atoms with Crippen LogP contribution in [0.2, 0.25) is 0 Å². The van der Waals surface area contributed by atoms with Crippen molar-refractivity contribution in [3.63, 3.8) is 0 Å². The first-order chi connectivity index (χ1) is 10.3. The van der Waals surface area contributed by atoms with E-state index in [1.54, 1.807) is 19.4 Å². The third-order valence-electron chi connectivity index (χ3n) is 3.94. The number of carbonyl (C=O) groups is 1. The molecule has 0 spiro atoms. The van der Waals surface area contributed by atoms with Gasteiger partial charge in [0.2, 0.25) is 17.7 Å². The van der Waals surface area contributed by atoms with E-state index in [0.717, 1.165) is 19.4 Å². The Hall–Kier alpha value is -1.89. The number of carbonyl (C=O) groups excluding carboxylic acids is 1. The smallest absolute Gasteiger partial charge is 0.245 e. The lowest BCUT2D eigenvalue weighted by molar-refractivity contribution is -0.136. The number of rotatable bonds is 3. The van der Waals surface area contributed by atoms with Crippen molar-refractivity contribution >= 4 is 11.9 Å². The average molecular weight is 292 g/mol. The first-order valence-corrected chi connectivity index (χ1v) is 7.30. The molecule has 1 aromatic rings. The summed E-state index contributed by atoms with van der Waals surface area (Å²) in [5.41, 5.74) is 0. The molecular formula is C14H20N4O3. The summed E-state index contributed by atoms with van der Waals surface area (Å²) in [6, 6.07) is 1.54. The quantitative estimate of drug-likeness (QED) is 0.799. The van der Waals surface area contributed by atoms with Gasteiger partial charge in [-0.2, -0.15) is 4.98 Å². The molecule has 1 amide bonds. The Morgan fingerprint density at radius 3 is 2.95 bits per heavy atom. The zero-order chi connectivity index (χ0) is 14.7. The van der Waals surface area contributed by atoms with E-state index in [4.69, 9.17) is 9.47 Å². The number of nitrogens with zero attached hydrogens (tertiary/aromatic N) is 4. The number of anilines is 1. The van der Waals surface area contributed by atoms with E-state index in [0.29, 0.717) is 38.1 Å². The van der Waals surface area contributed by atoms with Gasteiger partial charge in [0.15, 0.2) is 0 Å². The van der Waals surface area contributed by atoms with Crippen LogP contribution >= 0.6 is 0 Å². The SMILES string of the molecule is COc1ccnc(N2CCC[C@H]2C(=O)N2CCOCC2)n1. The fraction of sp³-hybridized carbons (Fsp3) is 0.643. The van der Waals surface area contributed by atoms with E-state index in [9.17, 15) is 4.79 Å². The van der Waals surface area contributed by atoms with Gasteiger partial charge in [0, 0.05) is 31.9 Å². The average Bonchev–Trinajstić information content (AvgIpc) is 3.04. The monoisotopic (exact) mass is 292 g/mol. The Kier molecular flexibility index (Phi) is 4.19. The highest BCUT2D eigenvalue weighted by molar-refractivity contribution is 5.85. The van der Waals surface area contributed by atoms with Gasteiger partial charge in [0.25, 0.3) is 0 Å². The van der Waals surface area contributed by atoms with Crippen LogP contribution in [-0.2, 0) is 9.53 Å². The Labute approximate surface area is 123 Å². The predicted molar refractivity (Wildman–Crippen MR) is 76.4 cm³/mol. The number of hydrogen-bond acceptors (Lipinski definition) is 6. The Bertz CT molecular complexity index is 505. The first-order valence-electron chi connectivity index (χ1n) is 7.30. The molecule has 3 heterocycles. The van der Waals surface area contributed by atoms with E-state index < -0.39 is 0 Å². The number of methoxy groups -OCH3 is 1. The lowest BCUT2D eigenvalue weighted by Gasteiger charge is -2.32. The Morgan fingerprint density at radius 1 is 1.38 bits per heavy atom. The van der Waals surface area contributed by atoms with Gasteiger partial charge in [0.05, 0.1) is 20.3 Å². The molecule has 2 aliphatic rings. The molecule has 114 valence electrons. The molecule has 0 aliphatic carbocycles. The Balaban J connectivity index is 1.76. The minimum Gasteiger partial charge on any atom is -0.481 e. The second-order valence-electron chi connectivity index (χ2n) is 5.19. The predicted octanol–water partition coefficient (Wildman–Crippen LogP) is 0.313. The lowest BCUT2D eigenvalue weighted by Crippen LogP contribution is -2.50. The summed E-state index contributed by atoms with van der Waals surface area (Å²) < 4.78 is 10.4. The fourth-order valence-corrected chi connectivity index (χ4v) is 2.84. The molecule has 7 nitrogen and oxygen atoms in total. The molecule has 1 atom stereocenters. The van der Waals surface area contributed by atoms with E-state index >= 15 is 0 Å². The van der Waals surface area contributed by atoms with Crippen LogP contribution in [0.15, 0.2) is 12.3 Å². The van der Waals surface area contributed by atoms with Crippen molar-refractivity contribution in [2.45, 2.75) is 18.9 Å². The second kappa shape index (κ2) is 6.26. The van der Waals surface area contributed by atoms with Crippen molar-refractivity contribution in [1.29, 1.82) is 0 Å². The molecule has 2 fully saturated rings. The summed E-state index contributed by atoms with van der Waals surface area (Å²) in [5, 5.41) is 0. The summed E-state index contributed by atoms with van der Waals surface area (Å²) in [5.74, 6) is 1.24. The normalized spacial score (nSPS) is 22.4. The van der Waals surface area contributed by atoms with Gasteiger partial charge < -0.3 is 19.3 Å². The van der Waals surface area contributed by atoms with Crippen molar-refractivity contribution in [3.05, 3.63) is 12.3 Å². The zero-order valence-corrected chi connectivity index (χ0v) is 12.2. The van der Waals surface area contributed by atoms with E-state index in [1.165, 1.54) is 0 Å². The van der Waals surface area contributed by atoms with E-state index in [-0.39, 0.29) is 11.9 Å². The molecule has 0 radical (unpaired) electrons. The molecule has 0 bridgehead atoms. The number of hydrogen-bond donors (Lipinski definition) is 0. The highest BCUT2D eigenvalue weighted by atomic mass is 16.5. The van der Waals surface area contributed by atoms with Gasteiger partial charge in [-0.25, -0.2) is 4.98 Å². The second-order valence-corrected chi connectivity index (χ2v) is 5.19. The first kappa shape index (κ1) is 14.1. The summed E-state index contributed by atoms with van der Waals surface area (Å²) in [6.07, 6.45) is 3.48.